The first-order chi connectivity index (χ1) is 15.4. The highest BCUT2D eigenvalue weighted by molar-refractivity contribution is 7.12. The van der Waals surface area contributed by atoms with Gasteiger partial charge in [0, 0.05) is 5.56 Å². The van der Waals surface area contributed by atoms with Gasteiger partial charge in [-0.1, -0.05) is 43.6 Å². The zero-order valence-electron chi connectivity index (χ0n) is 17.7. The van der Waals surface area contributed by atoms with Crippen molar-refractivity contribution in [1.82, 2.24) is 15.3 Å². The molecule has 6 nitrogen and oxygen atoms in total. The number of amides is 2. The van der Waals surface area contributed by atoms with Crippen LogP contribution in [0.3, 0.4) is 0 Å². The number of benzene rings is 2. The van der Waals surface area contributed by atoms with Crippen molar-refractivity contribution in [2.45, 2.75) is 26.3 Å². The molecule has 0 radical (unpaired) electrons. The van der Waals surface area contributed by atoms with E-state index in [1.807, 2.05) is 29.6 Å². The predicted octanol–water partition coefficient (Wildman–Crippen LogP) is 6.05. The standard InChI is InChI=1S/C24H23ClN4O2S/c1-14(2)12-20(22-26-17-6-3-4-7-18(17)27-22)29-23(30)15-9-10-16(25)19(13-15)28-24(31)21-8-5-11-32-21/h3-11,13-14,20H,12H2,1-2H3,(H,26,27)(H,28,31)(H,29,30). The van der Waals surface area contributed by atoms with Crippen LogP contribution in [0.4, 0.5) is 5.69 Å². The van der Waals surface area contributed by atoms with Gasteiger partial charge in [0.2, 0.25) is 0 Å². The van der Waals surface area contributed by atoms with E-state index in [1.54, 1.807) is 30.3 Å². The maximum absolute atomic E-state index is 13.1. The van der Waals surface area contributed by atoms with Crippen LogP contribution in [0, 0.1) is 5.92 Å². The van der Waals surface area contributed by atoms with Crippen molar-refractivity contribution < 1.29 is 9.59 Å². The van der Waals surface area contributed by atoms with Gasteiger partial charge in [-0.15, -0.1) is 11.3 Å². The van der Waals surface area contributed by atoms with Crippen LogP contribution < -0.4 is 10.6 Å². The summed E-state index contributed by atoms with van der Waals surface area (Å²) < 4.78 is 0. The lowest BCUT2D eigenvalue weighted by Crippen LogP contribution is -2.30. The quantitative estimate of drug-likeness (QED) is 0.310. The fourth-order valence-corrected chi connectivity index (χ4v) is 4.23. The van der Waals surface area contributed by atoms with Gasteiger partial charge < -0.3 is 15.6 Å². The van der Waals surface area contributed by atoms with E-state index in [0.717, 1.165) is 17.5 Å². The van der Waals surface area contributed by atoms with E-state index in [0.29, 0.717) is 32.9 Å². The molecular weight excluding hydrogens is 444 g/mol. The molecule has 32 heavy (non-hydrogen) atoms. The molecule has 2 aromatic heterocycles. The van der Waals surface area contributed by atoms with Gasteiger partial charge in [-0.2, -0.15) is 0 Å². The van der Waals surface area contributed by atoms with Crippen LogP contribution in [0.5, 0.6) is 0 Å². The topological polar surface area (TPSA) is 86.9 Å². The molecule has 2 heterocycles. The molecule has 1 atom stereocenters. The Bertz CT molecular complexity index is 1220. The van der Waals surface area contributed by atoms with Crippen LogP contribution >= 0.6 is 22.9 Å². The summed E-state index contributed by atoms with van der Waals surface area (Å²) in [5, 5.41) is 8.06. The van der Waals surface area contributed by atoms with E-state index in [4.69, 9.17) is 11.6 Å². The number of fused-ring (bicyclic) bond motifs is 1. The summed E-state index contributed by atoms with van der Waals surface area (Å²) in [6, 6.07) is 15.9. The second-order valence-corrected chi connectivity index (χ2v) is 9.28. The van der Waals surface area contributed by atoms with E-state index in [2.05, 4.69) is 34.4 Å². The van der Waals surface area contributed by atoms with Crippen LogP contribution in [-0.2, 0) is 0 Å². The summed E-state index contributed by atoms with van der Waals surface area (Å²) in [6.45, 7) is 4.20. The van der Waals surface area contributed by atoms with E-state index in [9.17, 15) is 9.59 Å². The molecule has 8 heteroatoms. The lowest BCUT2D eigenvalue weighted by molar-refractivity contribution is 0.0929. The van der Waals surface area contributed by atoms with Gasteiger partial charge in [0.1, 0.15) is 5.82 Å². The molecule has 4 rings (SSSR count). The van der Waals surface area contributed by atoms with Crippen molar-refractivity contribution in [3.8, 4) is 0 Å². The molecule has 0 fully saturated rings. The van der Waals surface area contributed by atoms with Crippen molar-refractivity contribution in [2.75, 3.05) is 5.32 Å². The average Bonchev–Trinajstić information content (AvgIpc) is 3.44. The Morgan fingerprint density at radius 1 is 1.09 bits per heavy atom. The normalized spacial score (nSPS) is 12.1. The van der Waals surface area contributed by atoms with Crippen LogP contribution in [0.1, 0.15) is 52.2 Å². The third kappa shape index (κ3) is 5.00. The van der Waals surface area contributed by atoms with Crippen molar-refractivity contribution in [2.24, 2.45) is 5.92 Å². The van der Waals surface area contributed by atoms with Crippen LogP contribution in [0.25, 0.3) is 11.0 Å². The number of hydrogen-bond acceptors (Lipinski definition) is 4. The summed E-state index contributed by atoms with van der Waals surface area (Å²) >= 11 is 7.60. The minimum Gasteiger partial charge on any atom is -0.342 e. The highest BCUT2D eigenvalue weighted by atomic mass is 35.5. The number of rotatable bonds is 7. The highest BCUT2D eigenvalue weighted by Gasteiger charge is 2.21. The summed E-state index contributed by atoms with van der Waals surface area (Å²) in [5.74, 6) is 0.534. The van der Waals surface area contributed by atoms with Gasteiger partial charge in [0.25, 0.3) is 11.8 Å². The second-order valence-electron chi connectivity index (χ2n) is 7.92. The van der Waals surface area contributed by atoms with E-state index < -0.39 is 0 Å². The van der Waals surface area contributed by atoms with Crippen LogP contribution in [0.15, 0.2) is 60.0 Å². The number of halogens is 1. The molecule has 0 saturated heterocycles. The molecular formula is C24H23ClN4O2S. The number of carbonyl (C=O) groups is 2. The molecule has 4 aromatic rings. The van der Waals surface area contributed by atoms with Crippen molar-refractivity contribution >= 4 is 51.5 Å². The van der Waals surface area contributed by atoms with Gasteiger partial charge in [0.05, 0.1) is 32.7 Å². The largest absolute Gasteiger partial charge is 0.342 e. The molecule has 0 spiro atoms. The number of carbonyl (C=O) groups excluding carboxylic acids is 2. The minimum atomic E-state index is -0.283. The van der Waals surface area contributed by atoms with Crippen molar-refractivity contribution in [3.05, 3.63) is 81.3 Å². The van der Waals surface area contributed by atoms with E-state index >= 15 is 0 Å². The Hall–Kier alpha value is -3.16. The summed E-state index contributed by atoms with van der Waals surface area (Å²) in [6.07, 6.45) is 0.723. The SMILES string of the molecule is CC(C)CC(NC(=O)c1ccc(Cl)c(NC(=O)c2cccs2)c1)c1nc2ccccc2[nH]1. The van der Waals surface area contributed by atoms with E-state index in [-0.39, 0.29) is 17.9 Å². The van der Waals surface area contributed by atoms with Crippen molar-refractivity contribution in [1.29, 1.82) is 0 Å². The molecule has 0 aliphatic carbocycles. The molecule has 3 N–H and O–H groups in total. The zero-order valence-corrected chi connectivity index (χ0v) is 19.3. The number of nitrogens with zero attached hydrogens (tertiary/aromatic N) is 1. The number of hydrogen-bond donors (Lipinski definition) is 3. The number of aromatic nitrogens is 2. The summed E-state index contributed by atoms with van der Waals surface area (Å²) in [5.41, 5.74) is 2.58. The molecule has 0 saturated carbocycles. The lowest BCUT2D eigenvalue weighted by Gasteiger charge is -2.19. The fraction of sp³-hybridized carbons (Fsp3) is 0.208. The number of thiophene rings is 1. The first-order valence-electron chi connectivity index (χ1n) is 10.3. The molecule has 0 aliphatic rings. The first-order valence-corrected chi connectivity index (χ1v) is 11.6. The van der Waals surface area contributed by atoms with E-state index in [1.165, 1.54) is 11.3 Å². The highest BCUT2D eigenvalue weighted by Crippen LogP contribution is 2.26. The fourth-order valence-electron chi connectivity index (χ4n) is 3.44. The van der Waals surface area contributed by atoms with Crippen LogP contribution in [-0.4, -0.2) is 21.8 Å². The molecule has 0 aliphatic heterocycles. The second kappa shape index (κ2) is 9.54. The number of imidazole rings is 1. The number of anilines is 1. The number of nitrogens with one attached hydrogen (secondary N) is 3. The summed E-state index contributed by atoms with van der Waals surface area (Å²) in [4.78, 5) is 34.1. The molecule has 164 valence electrons. The van der Waals surface area contributed by atoms with Crippen LogP contribution in [0.2, 0.25) is 5.02 Å². The minimum absolute atomic E-state index is 0.264. The monoisotopic (exact) mass is 466 g/mol. The van der Waals surface area contributed by atoms with Gasteiger partial charge in [0.15, 0.2) is 0 Å². The Morgan fingerprint density at radius 2 is 1.91 bits per heavy atom. The Balaban J connectivity index is 1.56. The number of aromatic amines is 1. The zero-order chi connectivity index (χ0) is 22.7. The molecule has 0 bridgehead atoms. The van der Waals surface area contributed by atoms with Gasteiger partial charge >= 0.3 is 0 Å². The third-order valence-electron chi connectivity index (χ3n) is 4.97. The lowest BCUT2D eigenvalue weighted by atomic mass is 10.0. The maximum atomic E-state index is 13.1. The predicted molar refractivity (Wildman–Crippen MR) is 129 cm³/mol. The average molecular weight is 467 g/mol. The third-order valence-corrected chi connectivity index (χ3v) is 6.17. The van der Waals surface area contributed by atoms with Crippen molar-refractivity contribution in [3.63, 3.8) is 0 Å². The van der Waals surface area contributed by atoms with Gasteiger partial charge in [-0.3, -0.25) is 9.59 Å². The number of H-pyrrole nitrogens is 1. The Labute approximate surface area is 195 Å². The molecule has 2 aromatic carbocycles. The Morgan fingerprint density at radius 3 is 2.62 bits per heavy atom. The van der Waals surface area contributed by atoms with Gasteiger partial charge in [-0.25, -0.2) is 4.98 Å². The molecule has 2 amide bonds. The first kappa shape index (κ1) is 22.0. The Kier molecular flexibility index (Phi) is 6.58. The summed E-state index contributed by atoms with van der Waals surface area (Å²) in [7, 11) is 0. The molecule has 1 unspecified atom stereocenters. The van der Waals surface area contributed by atoms with Gasteiger partial charge in [-0.05, 0) is 54.1 Å². The smallest absolute Gasteiger partial charge is 0.265 e. The maximum Gasteiger partial charge on any atom is 0.265 e. The number of para-hydroxylation sites is 2.